The van der Waals surface area contributed by atoms with Crippen LogP contribution < -0.4 is 0 Å². The Hall–Kier alpha value is -0.240. The molecule has 142 valence electrons. The molecule has 2 radical (unpaired) electrons. The van der Waals surface area contributed by atoms with E-state index in [4.69, 9.17) is 9.47 Å². The van der Waals surface area contributed by atoms with Gasteiger partial charge >= 0.3 is 0 Å². The Bertz CT molecular complexity index is 480. The van der Waals surface area contributed by atoms with E-state index in [9.17, 15) is 10.4 Å². The van der Waals surface area contributed by atoms with Crippen molar-refractivity contribution in [2.45, 2.75) is 102 Å². The molecule has 25 heavy (non-hydrogen) atoms. The van der Waals surface area contributed by atoms with Gasteiger partial charge in [-0.2, -0.15) is 0 Å². The van der Waals surface area contributed by atoms with E-state index in [2.05, 4.69) is 0 Å². The molecular weight excluding hydrogens is 320 g/mol. The Balaban J connectivity index is 1.41. The average molecular weight is 352 g/mol. The first-order chi connectivity index (χ1) is 11.5. The van der Waals surface area contributed by atoms with Crippen LogP contribution in [0.2, 0.25) is 0 Å². The molecule has 0 bridgehead atoms. The highest BCUT2D eigenvalue weighted by Crippen LogP contribution is 2.57. The van der Waals surface area contributed by atoms with E-state index in [0.29, 0.717) is 13.1 Å². The van der Waals surface area contributed by atoms with Crippen molar-refractivity contribution in [3.8, 4) is 0 Å². The van der Waals surface area contributed by atoms with Crippen molar-refractivity contribution in [2.75, 3.05) is 13.1 Å². The highest BCUT2D eigenvalue weighted by Gasteiger charge is 2.59. The lowest BCUT2D eigenvalue weighted by molar-refractivity contribution is -0.299. The summed E-state index contributed by atoms with van der Waals surface area (Å²) in [4.78, 5) is 0. The maximum absolute atomic E-state index is 12.5. The van der Waals surface area contributed by atoms with Gasteiger partial charge in [-0.25, -0.2) is 0 Å². The fourth-order valence-corrected chi connectivity index (χ4v) is 5.72. The number of hydrogen-bond donors (Lipinski definition) is 0. The maximum Gasteiger partial charge on any atom is 0.147 e. The Kier molecular flexibility index (Phi) is 3.91. The third kappa shape index (κ3) is 2.95. The van der Waals surface area contributed by atoms with Crippen LogP contribution in [0.25, 0.3) is 0 Å². The summed E-state index contributed by atoms with van der Waals surface area (Å²) in [6.45, 7) is 8.92. The van der Waals surface area contributed by atoms with Crippen LogP contribution in [-0.4, -0.2) is 45.9 Å². The second-order valence-electron chi connectivity index (χ2n) is 10.2. The third-order valence-electron chi connectivity index (χ3n) is 7.07. The van der Waals surface area contributed by atoms with Gasteiger partial charge in [-0.3, -0.25) is 0 Å². The number of hydrogen-bond acceptors (Lipinski definition) is 4. The van der Waals surface area contributed by atoms with Crippen LogP contribution in [0.15, 0.2) is 0 Å². The van der Waals surface area contributed by atoms with Gasteiger partial charge < -0.3 is 9.47 Å². The molecule has 0 aromatic heterocycles. The zero-order valence-electron chi connectivity index (χ0n) is 16.1. The fraction of sp³-hybridized carbons (Fsp3) is 1.00. The number of rotatable bonds is 0. The van der Waals surface area contributed by atoms with Crippen LogP contribution in [0, 0.1) is 5.41 Å². The summed E-state index contributed by atoms with van der Waals surface area (Å²) in [7, 11) is 0. The van der Waals surface area contributed by atoms with Crippen LogP contribution >= 0.6 is 0 Å². The van der Waals surface area contributed by atoms with Crippen molar-refractivity contribution in [3.05, 3.63) is 0 Å². The molecule has 4 aliphatic rings. The molecule has 0 amide bonds. The Morgan fingerprint density at radius 2 is 0.920 bits per heavy atom. The molecule has 0 unspecified atom stereocenters. The Morgan fingerprint density at radius 1 is 0.600 bits per heavy atom. The highest BCUT2D eigenvalue weighted by atomic mass is 16.6. The minimum atomic E-state index is -0.611. The normalized spacial score (nSPS) is 47.3. The van der Waals surface area contributed by atoms with Crippen molar-refractivity contribution in [3.63, 3.8) is 0 Å². The van der Waals surface area contributed by atoms with E-state index in [0.717, 1.165) is 51.4 Å². The first-order valence-electron chi connectivity index (χ1n) is 9.80. The highest BCUT2D eigenvalue weighted by molar-refractivity contribution is 5.03. The summed E-state index contributed by atoms with van der Waals surface area (Å²) in [5.74, 6) is 0. The van der Waals surface area contributed by atoms with E-state index in [1.54, 1.807) is 0 Å². The smallest absolute Gasteiger partial charge is 0.147 e. The maximum atomic E-state index is 12.5. The molecular formula is C19H32N2O4. The second-order valence-corrected chi connectivity index (χ2v) is 10.2. The van der Waals surface area contributed by atoms with E-state index >= 15 is 0 Å². The minimum Gasteiger partial charge on any atom is -0.351 e. The van der Waals surface area contributed by atoms with Gasteiger partial charge in [0.1, 0.15) is 11.4 Å². The first-order valence-corrected chi connectivity index (χ1v) is 9.80. The molecule has 6 nitrogen and oxygen atoms in total. The molecule has 2 aliphatic carbocycles. The van der Waals surface area contributed by atoms with Crippen molar-refractivity contribution in [1.82, 2.24) is 10.1 Å². The molecule has 2 heterocycles. The lowest BCUT2D eigenvalue weighted by Gasteiger charge is -2.51. The van der Waals surface area contributed by atoms with Gasteiger partial charge in [-0.15, -0.1) is 20.5 Å². The van der Waals surface area contributed by atoms with Crippen LogP contribution in [0.4, 0.5) is 0 Å². The van der Waals surface area contributed by atoms with E-state index < -0.39 is 11.4 Å². The number of hydroxylamine groups is 4. The third-order valence-corrected chi connectivity index (χ3v) is 7.07. The molecule has 0 atom stereocenters. The van der Waals surface area contributed by atoms with Gasteiger partial charge in [0.15, 0.2) is 0 Å². The lowest BCUT2D eigenvalue weighted by Crippen LogP contribution is -2.52. The summed E-state index contributed by atoms with van der Waals surface area (Å²) in [6.07, 6.45) is 7.28. The van der Waals surface area contributed by atoms with Gasteiger partial charge in [0.05, 0.1) is 24.3 Å². The van der Waals surface area contributed by atoms with E-state index in [1.807, 2.05) is 27.7 Å². The zero-order chi connectivity index (χ0) is 18.1. The molecule has 6 heteroatoms. The fourth-order valence-electron chi connectivity index (χ4n) is 5.72. The van der Waals surface area contributed by atoms with E-state index in [1.165, 1.54) is 10.1 Å². The first kappa shape index (κ1) is 18.1. The van der Waals surface area contributed by atoms with Crippen molar-refractivity contribution in [1.29, 1.82) is 0 Å². The minimum absolute atomic E-state index is 0.254. The van der Waals surface area contributed by atoms with Crippen molar-refractivity contribution in [2.24, 2.45) is 5.41 Å². The molecule has 3 spiro atoms. The molecule has 0 aromatic rings. The lowest BCUT2D eigenvalue weighted by atomic mass is 9.62. The largest absolute Gasteiger partial charge is 0.351 e. The summed E-state index contributed by atoms with van der Waals surface area (Å²) in [5, 5.41) is 27.3. The van der Waals surface area contributed by atoms with Crippen LogP contribution in [0.1, 0.15) is 79.1 Å². The summed E-state index contributed by atoms with van der Waals surface area (Å²) < 4.78 is 12.4. The van der Waals surface area contributed by atoms with Gasteiger partial charge in [-0.05, 0) is 84.5 Å². The molecule has 2 saturated carbocycles. The quantitative estimate of drug-likeness (QED) is 0.670. The Labute approximate surface area is 151 Å². The average Bonchev–Trinajstić information content (AvgIpc) is 2.87. The predicted octanol–water partition coefficient (Wildman–Crippen LogP) is 3.43. The Morgan fingerprint density at radius 3 is 1.16 bits per heavy atom. The molecule has 2 saturated heterocycles. The summed E-state index contributed by atoms with van der Waals surface area (Å²) in [5.41, 5.74) is -1.67. The van der Waals surface area contributed by atoms with Crippen LogP contribution in [0.3, 0.4) is 0 Å². The summed E-state index contributed by atoms with van der Waals surface area (Å²) in [6, 6.07) is 0. The van der Waals surface area contributed by atoms with E-state index in [-0.39, 0.29) is 16.6 Å². The predicted molar refractivity (Wildman–Crippen MR) is 89.9 cm³/mol. The monoisotopic (exact) mass is 352 g/mol. The second kappa shape index (κ2) is 5.40. The molecule has 0 N–H and O–H groups in total. The van der Waals surface area contributed by atoms with Gasteiger partial charge in [0, 0.05) is 0 Å². The van der Waals surface area contributed by atoms with Gasteiger partial charge in [-0.1, -0.05) is 0 Å². The molecule has 4 rings (SSSR count). The zero-order valence-corrected chi connectivity index (χ0v) is 16.1. The van der Waals surface area contributed by atoms with Gasteiger partial charge in [0.25, 0.3) is 0 Å². The molecule has 0 aromatic carbocycles. The summed E-state index contributed by atoms with van der Waals surface area (Å²) >= 11 is 0. The molecule has 2 aliphatic heterocycles. The SMILES string of the molecule is CC1(C)CN([O])C2(CCC3(CC2)CCC2(CC3)OC(C)(C)CN2[O])O1. The van der Waals surface area contributed by atoms with Crippen LogP contribution in [-0.2, 0) is 19.9 Å². The van der Waals surface area contributed by atoms with Crippen LogP contribution in [0.5, 0.6) is 0 Å². The molecule has 4 fully saturated rings. The number of ether oxygens (including phenoxy) is 2. The van der Waals surface area contributed by atoms with Crippen molar-refractivity contribution < 1.29 is 19.9 Å². The topological polar surface area (TPSA) is 64.7 Å². The number of nitrogens with zero attached hydrogens (tertiary/aromatic N) is 2. The van der Waals surface area contributed by atoms with Gasteiger partial charge in [0.2, 0.25) is 0 Å². The van der Waals surface area contributed by atoms with Crippen molar-refractivity contribution >= 4 is 0 Å². The standard InChI is InChI=1S/C19H32N2O4/c1-15(2)13-20(22)18(24-15)9-5-17(6-10-18)7-11-19(12-8-17)21(23)14-16(3,4)25-19/h5-14H2,1-4H3.